The van der Waals surface area contributed by atoms with E-state index in [-0.39, 0.29) is 5.88 Å². The Balaban J connectivity index is 2.77. The van der Waals surface area contributed by atoms with E-state index in [0.717, 1.165) is 0 Å². The molecule has 0 aliphatic rings. The number of nitriles is 1. The summed E-state index contributed by atoms with van der Waals surface area (Å²) in [4.78, 5) is 7.53. The van der Waals surface area contributed by atoms with Crippen molar-refractivity contribution in [1.29, 1.82) is 5.26 Å². The van der Waals surface area contributed by atoms with Crippen LogP contribution in [0.5, 0.6) is 5.88 Å². The third-order valence-corrected chi connectivity index (χ3v) is 1.43. The van der Waals surface area contributed by atoms with Crippen molar-refractivity contribution in [3.05, 3.63) is 24.2 Å². The smallest absolute Gasteiger partial charge is 0.237 e. The van der Waals surface area contributed by atoms with Gasteiger partial charge in [0.2, 0.25) is 11.7 Å². The molecular formula is C7H4N4O. The highest BCUT2D eigenvalue weighted by Gasteiger charge is 2.00. The van der Waals surface area contributed by atoms with E-state index in [9.17, 15) is 0 Å². The summed E-state index contributed by atoms with van der Waals surface area (Å²) < 4.78 is 1.49. The van der Waals surface area contributed by atoms with Gasteiger partial charge in [0.15, 0.2) is 0 Å². The van der Waals surface area contributed by atoms with Gasteiger partial charge in [-0.3, -0.25) is 4.40 Å². The van der Waals surface area contributed by atoms with Gasteiger partial charge in [-0.25, -0.2) is 4.98 Å². The first-order valence-corrected chi connectivity index (χ1v) is 3.23. The van der Waals surface area contributed by atoms with E-state index in [0.29, 0.717) is 11.3 Å². The molecule has 2 aromatic rings. The summed E-state index contributed by atoms with van der Waals surface area (Å²) in [5.74, 6) is 0.282. The topological polar surface area (TPSA) is 74.2 Å². The summed E-state index contributed by atoms with van der Waals surface area (Å²) in [5.41, 5.74) is 0.430. The lowest BCUT2D eigenvalue weighted by atomic mass is 10.4. The zero-order chi connectivity index (χ0) is 8.55. The molecule has 2 heterocycles. The van der Waals surface area contributed by atoms with Crippen LogP contribution in [0.15, 0.2) is 18.6 Å². The fraction of sp³-hybridized carbons (Fsp3) is 0. The van der Waals surface area contributed by atoms with E-state index < -0.39 is 0 Å². The Morgan fingerprint density at radius 3 is 3.08 bits per heavy atom. The first kappa shape index (κ1) is 6.61. The minimum atomic E-state index is -0.0995. The van der Waals surface area contributed by atoms with Crippen LogP contribution in [0.2, 0.25) is 0 Å². The molecule has 0 saturated carbocycles. The maximum absolute atomic E-state index is 8.96. The number of fused-ring (bicyclic) bond motifs is 1. The van der Waals surface area contributed by atoms with Crippen LogP contribution in [0.4, 0.5) is 0 Å². The minimum Gasteiger partial charge on any atom is -0.492 e. The SMILES string of the molecule is N#Cc1cnc2nc(O)cn2c1. The Morgan fingerprint density at radius 1 is 1.50 bits per heavy atom. The number of aromatic hydroxyl groups is 1. The van der Waals surface area contributed by atoms with Crippen LogP contribution in [0, 0.1) is 11.3 Å². The zero-order valence-corrected chi connectivity index (χ0v) is 5.97. The van der Waals surface area contributed by atoms with Gasteiger partial charge in [0.1, 0.15) is 6.07 Å². The van der Waals surface area contributed by atoms with Crippen LogP contribution in [0.1, 0.15) is 5.56 Å². The normalized spacial score (nSPS) is 9.92. The Kier molecular flexibility index (Phi) is 1.21. The Morgan fingerprint density at radius 2 is 2.33 bits per heavy atom. The van der Waals surface area contributed by atoms with Crippen LogP contribution < -0.4 is 0 Å². The Labute approximate surface area is 67.5 Å². The zero-order valence-electron chi connectivity index (χ0n) is 5.97. The number of hydrogen-bond acceptors (Lipinski definition) is 4. The second kappa shape index (κ2) is 2.20. The first-order valence-electron chi connectivity index (χ1n) is 3.23. The van der Waals surface area contributed by atoms with Crippen molar-refractivity contribution in [2.75, 3.05) is 0 Å². The third-order valence-electron chi connectivity index (χ3n) is 1.43. The van der Waals surface area contributed by atoms with E-state index in [1.54, 1.807) is 6.20 Å². The van der Waals surface area contributed by atoms with Crippen LogP contribution in [-0.2, 0) is 0 Å². The number of rotatable bonds is 0. The molecule has 0 amide bonds. The molecule has 12 heavy (non-hydrogen) atoms. The van der Waals surface area contributed by atoms with Crippen molar-refractivity contribution in [3.8, 4) is 11.9 Å². The molecule has 5 heteroatoms. The number of hydrogen-bond donors (Lipinski definition) is 1. The van der Waals surface area contributed by atoms with Gasteiger partial charge in [0.25, 0.3) is 0 Å². The largest absolute Gasteiger partial charge is 0.492 e. The Hall–Kier alpha value is -2.09. The average Bonchev–Trinajstić information content (AvgIpc) is 2.43. The molecule has 0 bridgehead atoms. The van der Waals surface area contributed by atoms with Crippen LogP contribution in [0.3, 0.4) is 0 Å². The first-order chi connectivity index (χ1) is 5.79. The summed E-state index contributed by atoms with van der Waals surface area (Å²) in [6, 6.07) is 1.94. The van der Waals surface area contributed by atoms with Gasteiger partial charge in [-0.05, 0) is 0 Å². The molecular weight excluding hydrogens is 156 g/mol. The second-order valence-corrected chi connectivity index (χ2v) is 2.26. The molecule has 0 radical (unpaired) electrons. The number of nitrogens with zero attached hydrogens (tertiary/aromatic N) is 4. The number of imidazole rings is 1. The van der Waals surface area contributed by atoms with E-state index in [2.05, 4.69) is 9.97 Å². The predicted molar refractivity (Wildman–Crippen MR) is 39.4 cm³/mol. The van der Waals surface area contributed by atoms with Gasteiger partial charge in [0, 0.05) is 6.20 Å². The molecule has 0 aliphatic heterocycles. The molecule has 2 aromatic heterocycles. The van der Waals surface area contributed by atoms with Gasteiger partial charge >= 0.3 is 0 Å². The quantitative estimate of drug-likeness (QED) is 0.601. The minimum absolute atomic E-state index is 0.0995. The predicted octanol–water partition coefficient (Wildman–Crippen LogP) is 0.307. The molecule has 0 fully saturated rings. The summed E-state index contributed by atoms with van der Waals surface area (Å²) in [6.45, 7) is 0. The Bertz CT molecular complexity index is 468. The van der Waals surface area contributed by atoms with Gasteiger partial charge in [0.05, 0.1) is 18.0 Å². The highest BCUT2D eigenvalue weighted by molar-refractivity contribution is 5.36. The van der Waals surface area contributed by atoms with Crippen LogP contribution in [-0.4, -0.2) is 19.5 Å². The van der Waals surface area contributed by atoms with Crippen molar-refractivity contribution in [2.24, 2.45) is 0 Å². The van der Waals surface area contributed by atoms with Gasteiger partial charge < -0.3 is 5.11 Å². The molecule has 0 unspecified atom stereocenters. The van der Waals surface area contributed by atoms with Crippen LogP contribution in [0.25, 0.3) is 5.78 Å². The molecule has 0 spiro atoms. The lowest BCUT2D eigenvalue weighted by molar-refractivity contribution is 0.457. The summed E-state index contributed by atoms with van der Waals surface area (Å²) >= 11 is 0. The highest BCUT2D eigenvalue weighted by atomic mass is 16.3. The average molecular weight is 160 g/mol. The molecule has 58 valence electrons. The van der Waals surface area contributed by atoms with Gasteiger partial charge in [-0.2, -0.15) is 10.2 Å². The van der Waals surface area contributed by atoms with Crippen molar-refractivity contribution in [1.82, 2.24) is 14.4 Å². The van der Waals surface area contributed by atoms with E-state index >= 15 is 0 Å². The molecule has 5 nitrogen and oxygen atoms in total. The molecule has 0 aliphatic carbocycles. The standard InChI is InChI=1S/C7H4N4O/c8-1-5-2-9-7-10-6(12)4-11(7)3-5/h2-4,12H. The van der Waals surface area contributed by atoms with Gasteiger partial charge in [-0.15, -0.1) is 0 Å². The fourth-order valence-electron chi connectivity index (χ4n) is 0.930. The van der Waals surface area contributed by atoms with Crippen molar-refractivity contribution in [2.45, 2.75) is 0 Å². The van der Waals surface area contributed by atoms with Crippen molar-refractivity contribution in [3.63, 3.8) is 0 Å². The monoisotopic (exact) mass is 160 g/mol. The van der Waals surface area contributed by atoms with E-state index in [1.807, 2.05) is 6.07 Å². The van der Waals surface area contributed by atoms with Crippen molar-refractivity contribution >= 4 is 5.78 Å². The lowest BCUT2D eigenvalue weighted by Gasteiger charge is -1.89. The number of aromatic nitrogens is 3. The third kappa shape index (κ3) is 0.864. The molecule has 0 saturated heterocycles. The summed E-state index contributed by atoms with van der Waals surface area (Å²) in [5, 5.41) is 17.5. The van der Waals surface area contributed by atoms with Crippen LogP contribution >= 0.6 is 0 Å². The maximum atomic E-state index is 8.96. The highest BCUT2D eigenvalue weighted by Crippen LogP contribution is 2.07. The molecule has 0 aromatic carbocycles. The van der Waals surface area contributed by atoms with E-state index in [1.165, 1.54) is 16.8 Å². The molecule has 2 rings (SSSR count). The maximum Gasteiger partial charge on any atom is 0.237 e. The molecule has 1 N–H and O–H groups in total. The van der Waals surface area contributed by atoms with Gasteiger partial charge in [-0.1, -0.05) is 0 Å². The van der Waals surface area contributed by atoms with Crippen molar-refractivity contribution < 1.29 is 5.11 Å². The molecule has 0 atom stereocenters. The lowest BCUT2D eigenvalue weighted by Crippen LogP contribution is -1.88. The summed E-state index contributed by atoms with van der Waals surface area (Å²) in [6.07, 6.45) is 4.35. The van der Waals surface area contributed by atoms with E-state index in [4.69, 9.17) is 10.4 Å². The summed E-state index contributed by atoms with van der Waals surface area (Å²) in [7, 11) is 0. The second-order valence-electron chi connectivity index (χ2n) is 2.26. The fourth-order valence-corrected chi connectivity index (χ4v) is 0.930.